The number of aliphatic carboxylic acids is 1. The third-order valence-corrected chi connectivity index (χ3v) is 3.09. The Morgan fingerprint density at radius 3 is 2.74 bits per heavy atom. The molecule has 2 aromatic heterocycles. The zero-order chi connectivity index (χ0) is 13.7. The number of nitrogens with zero attached hydrogens (tertiary/aromatic N) is 2. The number of hydrogen-bond acceptors (Lipinski definition) is 3. The van der Waals surface area contributed by atoms with E-state index in [4.69, 9.17) is 0 Å². The van der Waals surface area contributed by atoms with Crippen molar-refractivity contribution in [1.29, 1.82) is 0 Å². The van der Waals surface area contributed by atoms with Crippen molar-refractivity contribution in [2.24, 2.45) is 0 Å². The highest BCUT2D eigenvalue weighted by molar-refractivity contribution is 5.74. The molecular weight excluding hydrogens is 242 g/mol. The van der Waals surface area contributed by atoms with E-state index >= 15 is 0 Å². The predicted octanol–water partition coefficient (Wildman–Crippen LogP) is 1.71. The molecule has 0 aliphatic rings. The fourth-order valence-electron chi connectivity index (χ4n) is 2.06. The van der Waals surface area contributed by atoms with Gasteiger partial charge in [-0.1, -0.05) is 0 Å². The molecule has 1 atom stereocenters. The van der Waals surface area contributed by atoms with E-state index in [1.54, 1.807) is 24.7 Å². The molecule has 0 saturated heterocycles. The summed E-state index contributed by atoms with van der Waals surface area (Å²) in [6, 6.07) is 6.84. The van der Waals surface area contributed by atoms with Gasteiger partial charge in [0, 0.05) is 30.8 Å². The summed E-state index contributed by atoms with van der Waals surface area (Å²) in [4.78, 5) is 20.1. The molecule has 2 heterocycles. The van der Waals surface area contributed by atoms with Gasteiger partial charge in [-0.3, -0.25) is 14.7 Å². The lowest BCUT2D eigenvalue weighted by Crippen LogP contribution is -2.32. The van der Waals surface area contributed by atoms with Gasteiger partial charge in [-0.05, 0) is 43.3 Å². The summed E-state index contributed by atoms with van der Waals surface area (Å²) in [7, 11) is 1.82. The number of carbonyl (C=O) groups is 1. The molecule has 0 bridgehead atoms. The number of rotatable bonds is 6. The van der Waals surface area contributed by atoms with E-state index in [1.807, 2.05) is 30.1 Å². The quantitative estimate of drug-likeness (QED) is 0.828. The second-order valence-corrected chi connectivity index (χ2v) is 4.45. The number of carboxylic acid groups (broad SMARTS) is 1. The normalized spacial score (nSPS) is 12.5. The lowest BCUT2D eigenvalue weighted by Gasteiger charge is -2.23. The maximum absolute atomic E-state index is 11.4. The van der Waals surface area contributed by atoms with Crippen LogP contribution in [0.15, 0.2) is 42.9 Å². The molecule has 19 heavy (non-hydrogen) atoms. The summed E-state index contributed by atoms with van der Waals surface area (Å²) in [5.74, 6) is -0.848. The average molecular weight is 259 g/mol. The van der Waals surface area contributed by atoms with Crippen LogP contribution in [-0.2, 0) is 11.2 Å². The van der Waals surface area contributed by atoms with Gasteiger partial charge in [0.15, 0.2) is 0 Å². The van der Waals surface area contributed by atoms with Crippen molar-refractivity contribution in [2.75, 3.05) is 13.6 Å². The van der Waals surface area contributed by atoms with Gasteiger partial charge in [0.05, 0.1) is 0 Å². The second kappa shape index (κ2) is 6.15. The van der Waals surface area contributed by atoms with E-state index in [1.165, 1.54) is 0 Å². The van der Waals surface area contributed by atoms with Crippen LogP contribution in [0.3, 0.4) is 0 Å². The highest BCUT2D eigenvalue weighted by Crippen LogP contribution is 2.18. The van der Waals surface area contributed by atoms with Crippen LogP contribution in [0.2, 0.25) is 0 Å². The topological polar surface area (TPSA) is 69.2 Å². The minimum atomic E-state index is -0.848. The van der Waals surface area contributed by atoms with E-state index in [2.05, 4.69) is 9.97 Å². The van der Waals surface area contributed by atoms with Crippen LogP contribution >= 0.6 is 0 Å². The molecule has 5 nitrogen and oxygen atoms in total. The van der Waals surface area contributed by atoms with Crippen molar-refractivity contribution in [3.63, 3.8) is 0 Å². The number of aromatic amines is 1. The van der Waals surface area contributed by atoms with Gasteiger partial charge < -0.3 is 10.1 Å². The summed E-state index contributed by atoms with van der Waals surface area (Å²) in [5, 5.41) is 9.34. The number of likely N-dealkylation sites (N-methyl/N-ethyl adjacent to an activating group) is 1. The highest BCUT2D eigenvalue weighted by Gasteiger charge is 2.25. The summed E-state index contributed by atoms with van der Waals surface area (Å²) in [6.45, 7) is 0.667. The monoisotopic (exact) mass is 259 g/mol. The Balaban J connectivity index is 2.01. The molecule has 2 rings (SSSR count). The van der Waals surface area contributed by atoms with Crippen molar-refractivity contribution < 1.29 is 9.90 Å². The average Bonchev–Trinajstić information content (AvgIpc) is 2.91. The first-order valence-electron chi connectivity index (χ1n) is 6.13. The summed E-state index contributed by atoms with van der Waals surface area (Å²) < 4.78 is 0. The van der Waals surface area contributed by atoms with Crippen molar-refractivity contribution in [3.05, 3.63) is 54.1 Å². The summed E-state index contributed by atoms with van der Waals surface area (Å²) in [5.41, 5.74) is 1.85. The zero-order valence-corrected chi connectivity index (χ0v) is 10.8. The van der Waals surface area contributed by atoms with E-state index in [0.29, 0.717) is 12.2 Å². The SMILES string of the molecule is CN(CCc1ccncc1)C(C(=O)O)c1ccc[nH]1. The van der Waals surface area contributed by atoms with Crippen LogP contribution in [0.5, 0.6) is 0 Å². The molecule has 0 aliphatic carbocycles. The van der Waals surface area contributed by atoms with E-state index in [0.717, 1.165) is 12.0 Å². The number of hydrogen-bond donors (Lipinski definition) is 2. The van der Waals surface area contributed by atoms with Gasteiger partial charge in [-0.15, -0.1) is 0 Å². The molecule has 0 aliphatic heterocycles. The molecule has 2 N–H and O–H groups in total. The Hall–Kier alpha value is -2.14. The first kappa shape index (κ1) is 13.3. The number of H-pyrrole nitrogens is 1. The summed E-state index contributed by atoms with van der Waals surface area (Å²) >= 11 is 0. The molecule has 0 aromatic carbocycles. The Morgan fingerprint density at radius 2 is 2.16 bits per heavy atom. The number of pyridine rings is 1. The van der Waals surface area contributed by atoms with Crippen LogP contribution in [0.1, 0.15) is 17.3 Å². The van der Waals surface area contributed by atoms with Gasteiger partial charge in [-0.25, -0.2) is 0 Å². The molecule has 0 spiro atoms. The fourth-order valence-corrected chi connectivity index (χ4v) is 2.06. The maximum Gasteiger partial charge on any atom is 0.327 e. The van der Waals surface area contributed by atoms with Crippen molar-refractivity contribution in [1.82, 2.24) is 14.9 Å². The van der Waals surface area contributed by atoms with Gasteiger partial charge >= 0.3 is 5.97 Å². The van der Waals surface area contributed by atoms with Gasteiger partial charge in [0.25, 0.3) is 0 Å². The molecule has 1 unspecified atom stereocenters. The Morgan fingerprint density at radius 1 is 1.42 bits per heavy atom. The van der Waals surface area contributed by atoms with E-state index in [9.17, 15) is 9.90 Å². The lowest BCUT2D eigenvalue weighted by molar-refractivity contribution is -0.143. The Bertz CT molecular complexity index is 511. The molecule has 5 heteroatoms. The predicted molar refractivity (Wildman–Crippen MR) is 71.7 cm³/mol. The number of aromatic nitrogens is 2. The van der Waals surface area contributed by atoms with E-state index < -0.39 is 12.0 Å². The van der Waals surface area contributed by atoms with Crippen LogP contribution in [0.25, 0.3) is 0 Å². The Kier molecular flexibility index (Phi) is 4.30. The first-order chi connectivity index (χ1) is 9.18. The molecule has 2 aromatic rings. The van der Waals surface area contributed by atoms with Crippen LogP contribution in [0, 0.1) is 0 Å². The smallest absolute Gasteiger partial charge is 0.327 e. The highest BCUT2D eigenvalue weighted by atomic mass is 16.4. The molecule has 0 saturated carbocycles. The third-order valence-electron chi connectivity index (χ3n) is 3.09. The van der Waals surface area contributed by atoms with Crippen LogP contribution in [-0.4, -0.2) is 39.5 Å². The van der Waals surface area contributed by atoms with Crippen molar-refractivity contribution >= 4 is 5.97 Å². The number of nitrogens with one attached hydrogen (secondary N) is 1. The maximum atomic E-state index is 11.4. The minimum absolute atomic E-state index is 0.642. The molecule has 100 valence electrons. The lowest BCUT2D eigenvalue weighted by atomic mass is 10.1. The largest absolute Gasteiger partial charge is 0.480 e. The summed E-state index contributed by atoms with van der Waals surface area (Å²) in [6.07, 6.45) is 6.02. The zero-order valence-electron chi connectivity index (χ0n) is 10.8. The third kappa shape index (κ3) is 3.42. The standard InChI is InChI=1S/C14H17N3O2/c1-17(10-6-11-4-8-15-9-5-11)13(14(18)19)12-3-2-7-16-12/h2-5,7-9,13,16H,6,10H2,1H3,(H,18,19). The van der Waals surface area contributed by atoms with Gasteiger partial charge in [-0.2, -0.15) is 0 Å². The van der Waals surface area contributed by atoms with Crippen molar-refractivity contribution in [2.45, 2.75) is 12.5 Å². The van der Waals surface area contributed by atoms with Crippen molar-refractivity contribution in [3.8, 4) is 0 Å². The number of carboxylic acids is 1. The van der Waals surface area contributed by atoms with Crippen LogP contribution in [0.4, 0.5) is 0 Å². The minimum Gasteiger partial charge on any atom is -0.480 e. The van der Waals surface area contributed by atoms with Gasteiger partial charge in [0.1, 0.15) is 6.04 Å². The van der Waals surface area contributed by atoms with Crippen LogP contribution < -0.4 is 0 Å². The molecule has 0 radical (unpaired) electrons. The fraction of sp³-hybridized carbons (Fsp3) is 0.286. The first-order valence-corrected chi connectivity index (χ1v) is 6.13. The van der Waals surface area contributed by atoms with E-state index in [-0.39, 0.29) is 0 Å². The molecule has 0 fully saturated rings. The molecular formula is C14H17N3O2. The second-order valence-electron chi connectivity index (χ2n) is 4.45. The Labute approximate surface area is 111 Å². The van der Waals surface area contributed by atoms with Gasteiger partial charge in [0.2, 0.25) is 0 Å². The molecule has 0 amide bonds.